The molecule has 0 unspecified atom stereocenters. The molecule has 88 valence electrons. The summed E-state index contributed by atoms with van der Waals surface area (Å²) in [4.78, 5) is 0. The fourth-order valence-corrected chi connectivity index (χ4v) is 2.49. The van der Waals surface area contributed by atoms with E-state index in [9.17, 15) is 5.11 Å². The summed E-state index contributed by atoms with van der Waals surface area (Å²) in [5, 5.41) is 12.3. The summed E-state index contributed by atoms with van der Waals surface area (Å²) in [7, 11) is -1.63. The highest BCUT2D eigenvalue weighted by Gasteiger charge is 2.32. The standard InChI is InChI=1S/C14H22OSi/c1-14(2,3)16(4,5)11-13(15)12-9-7-6-8-10-12/h6-11,15H,1-5H3/p-1/b13-11-. The number of hydrogen-bond donors (Lipinski definition) is 0. The smallest absolute Gasteiger partial charge is 0.0762 e. The van der Waals surface area contributed by atoms with E-state index in [1.807, 2.05) is 36.0 Å². The van der Waals surface area contributed by atoms with E-state index in [1.165, 1.54) is 0 Å². The van der Waals surface area contributed by atoms with Crippen molar-refractivity contribution in [2.24, 2.45) is 0 Å². The molecule has 0 saturated carbocycles. The zero-order valence-corrected chi connectivity index (χ0v) is 11.9. The largest absolute Gasteiger partial charge is 0.873 e. The van der Waals surface area contributed by atoms with Crippen molar-refractivity contribution in [2.75, 3.05) is 0 Å². The lowest BCUT2D eigenvalue weighted by molar-refractivity contribution is -0.243. The van der Waals surface area contributed by atoms with Crippen molar-refractivity contribution in [1.29, 1.82) is 0 Å². The van der Waals surface area contributed by atoms with E-state index in [0.29, 0.717) is 0 Å². The molecular weight excluding hydrogens is 212 g/mol. The van der Waals surface area contributed by atoms with Crippen LogP contribution >= 0.6 is 0 Å². The van der Waals surface area contributed by atoms with Crippen LogP contribution in [0.1, 0.15) is 26.3 Å². The summed E-state index contributed by atoms with van der Waals surface area (Å²) in [5.41, 5.74) is 2.77. The van der Waals surface area contributed by atoms with Gasteiger partial charge in [0.25, 0.3) is 0 Å². The first-order valence-electron chi connectivity index (χ1n) is 5.69. The highest BCUT2D eigenvalue weighted by atomic mass is 28.3. The van der Waals surface area contributed by atoms with E-state index in [2.05, 4.69) is 33.9 Å². The molecule has 1 aromatic carbocycles. The first-order chi connectivity index (χ1) is 7.24. The predicted octanol–water partition coefficient (Wildman–Crippen LogP) is 3.44. The van der Waals surface area contributed by atoms with E-state index in [4.69, 9.17) is 0 Å². The molecule has 0 saturated heterocycles. The molecule has 0 aliphatic carbocycles. The Morgan fingerprint density at radius 3 is 2.06 bits per heavy atom. The van der Waals surface area contributed by atoms with Gasteiger partial charge >= 0.3 is 0 Å². The molecule has 2 heteroatoms. The van der Waals surface area contributed by atoms with Crippen LogP contribution in [0.2, 0.25) is 18.1 Å². The van der Waals surface area contributed by atoms with Gasteiger partial charge in [-0.05, 0) is 10.6 Å². The molecule has 0 heterocycles. The van der Waals surface area contributed by atoms with Crippen LogP contribution in [-0.4, -0.2) is 8.07 Å². The molecule has 0 aliphatic rings. The third-order valence-electron chi connectivity index (χ3n) is 3.48. The van der Waals surface area contributed by atoms with Gasteiger partial charge in [-0.15, -0.1) is 11.5 Å². The lowest BCUT2D eigenvalue weighted by Gasteiger charge is -2.36. The first kappa shape index (κ1) is 13.0. The van der Waals surface area contributed by atoms with E-state index in [1.54, 1.807) is 0 Å². The maximum absolute atomic E-state index is 12.1. The van der Waals surface area contributed by atoms with Crippen molar-refractivity contribution < 1.29 is 5.11 Å². The normalized spacial score (nSPS) is 13.9. The fourth-order valence-electron chi connectivity index (χ4n) is 1.23. The molecule has 0 bridgehead atoms. The van der Waals surface area contributed by atoms with Gasteiger partial charge in [-0.2, -0.15) is 0 Å². The van der Waals surface area contributed by atoms with Crippen LogP contribution in [0.25, 0.3) is 5.76 Å². The van der Waals surface area contributed by atoms with Crippen molar-refractivity contribution >= 4 is 13.8 Å². The van der Waals surface area contributed by atoms with Gasteiger partial charge in [0, 0.05) is 0 Å². The second-order valence-corrected chi connectivity index (χ2v) is 11.1. The summed E-state index contributed by atoms with van der Waals surface area (Å²) in [6.07, 6.45) is 0. The Hall–Kier alpha value is -1.02. The molecule has 0 atom stereocenters. The molecule has 0 spiro atoms. The molecule has 1 aromatic rings. The summed E-state index contributed by atoms with van der Waals surface area (Å²) in [5.74, 6) is 0.173. The van der Waals surface area contributed by atoms with Gasteiger partial charge < -0.3 is 5.11 Å². The van der Waals surface area contributed by atoms with Crippen LogP contribution in [0.3, 0.4) is 0 Å². The highest BCUT2D eigenvalue weighted by molar-refractivity contribution is 6.85. The maximum atomic E-state index is 12.1. The molecule has 0 aliphatic heterocycles. The molecule has 1 nitrogen and oxygen atoms in total. The Balaban J connectivity index is 3.03. The number of rotatable bonds is 2. The Kier molecular flexibility index (Phi) is 3.63. The summed E-state index contributed by atoms with van der Waals surface area (Å²) in [6, 6.07) is 9.51. The van der Waals surface area contributed by atoms with Crippen LogP contribution in [0.5, 0.6) is 0 Å². The topological polar surface area (TPSA) is 23.1 Å². The Morgan fingerprint density at radius 1 is 1.12 bits per heavy atom. The molecule has 1 rings (SSSR count). The van der Waals surface area contributed by atoms with Gasteiger partial charge in [0.2, 0.25) is 0 Å². The van der Waals surface area contributed by atoms with Gasteiger partial charge in [-0.3, -0.25) is 0 Å². The molecule has 0 amide bonds. The molecule has 0 aromatic heterocycles. The first-order valence-corrected chi connectivity index (χ1v) is 8.77. The van der Waals surface area contributed by atoms with E-state index < -0.39 is 8.07 Å². The number of benzene rings is 1. The van der Waals surface area contributed by atoms with Gasteiger partial charge in [0.05, 0.1) is 8.07 Å². The minimum absolute atomic E-state index is 0.173. The van der Waals surface area contributed by atoms with Crippen molar-refractivity contribution in [2.45, 2.75) is 38.9 Å². The van der Waals surface area contributed by atoms with Crippen molar-refractivity contribution in [3.8, 4) is 0 Å². The molecule has 16 heavy (non-hydrogen) atoms. The van der Waals surface area contributed by atoms with E-state index >= 15 is 0 Å². The summed E-state index contributed by atoms with van der Waals surface area (Å²) in [6.45, 7) is 11.1. The van der Waals surface area contributed by atoms with Crippen molar-refractivity contribution in [3.63, 3.8) is 0 Å². The minimum atomic E-state index is -1.63. The van der Waals surface area contributed by atoms with E-state index in [0.717, 1.165) is 5.56 Å². The summed E-state index contributed by atoms with van der Waals surface area (Å²) >= 11 is 0. The molecular formula is C14H21OSi-. The van der Waals surface area contributed by atoms with Crippen LogP contribution in [0.15, 0.2) is 36.0 Å². The van der Waals surface area contributed by atoms with Gasteiger partial charge in [0.15, 0.2) is 0 Å². The SMILES string of the molecule is CC(C)(C)[Si](C)(C)/C=C(\[O-])c1ccccc1. The zero-order chi connectivity index (χ0) is 12.4. The van der Waals surface area contributed by atoms with Gasteiger partial charge in [0.1, 0.15) is 0 Å². The lowest BCUT2D eigenvalue weighted by atomic mass is 10.2. The Bertz CT molecular complexity index is 371. The zero-order valence-electron chi connectivity index (χ0n) is 10.9. The third kappa shape index (κ3) is 2.98. The maximum Gasteiger partial charge on any atom is 0.0762 e. The Morgan fingerprint density at radius 2 is 1.62 bits per heavy atom. The van der Waals surface area contributed by atoms with Crippen molar-refractivity contribution in [1.82, 2.24) is 0 Å². The second-order valence-electron chi connectivity index (χ2n) is 5.85. The van der Waals surface area contributed by atoms with Crippen LogP contribution < -0.4 is 5.11 Å². The van der Waals surface area contributed by atoms with Crippen LogP contribution in [0.4, 0.5) is 0 Å². The Labute approximate surface area is 99.8 Å². The fraction of sp³-hybridized carbons (Fsp3) is 0.429. The number of hydrogen-bond acceptors (Lipinski definition) is 1. The van der Waals surface area contributed by atoms with Crippen molar-refractivity contribution in [3.05, 3.63) is 41.6 Å². The lowest BCUT2D eigenvalue weighted by Crippen LogP contribution is -2.36. The monoisotopic (exact) mass is 233 g/mol. The molecule has 0 N–H and O–H groups in total. The third-order valence-corrected chi connectivity index (χ3v) is 8.33. The van der Waals surface area contributed by atoms with Gasteiger partial charge in [-0.1, -0.05) is 64.2 Å². The van der Waals surface area contributed by atoms with E-state index in [-0.39, 0.29) is 10.8 Å². The average Bonchev–Trinajstić information content (AvgIpc) is 2.16. The highest BCUT2D eigenvalue weighted by Crippen LogP contribution is 2.37. The quantitative estimate of drug-likeness (QED) is 0.567. The molecule has 0 radical (unpaired) electrons. The van der Waals surface area contributed by atoms with Crippen LogP contribution in [-0.2, 0) is 0 Å². The second kappa shape index (κ2) is 4.46. The summed E-state index contributed by atoms with van der Waals surface area (Å²) < 4.78 is 0. The molecule has 0 fully saturated rings. The predicted molar refractivity (Wildman–Crippen MR) is 71.6 cm³/mol. The average molecular weight is 233 g/mol. The minimum Gasteiger partial charge on any atom is -0.873 e. The van der Waals surface area contributed by atoms with Crippen LogP contribution in [0, 0.1) is 0 Å². The van der Waals surface area contributed by atoms with Gasteiger partial charge in [-0.25, -0.2) is 0 Å².